The highest BCUT2D eigenvalue weighted by Crippen LogP contribution is 2.33. The molecule has 1 aliphatic rings. The summed E-state index contributed by atoms with van der Waals surface area (Å²) in [5.41, 5.74) is -1.02. The van der Waals surface area contributed by atoms with Gasteiger partial charge in [-0.05, 0) is 36.5 Å². The maximum absolute atomic E-state index is 13.4. The molecule has 1 aliphatic carbocycles. The van der Waals surface area contributed by atoms with E-state index in [0.29, 0.717) is 10.2 Å². The number of halogens is 5. The van der Waals surface area contributed by atoms with E-state index >= 15 is 0 Å². The van der Waals surface area contributed by atoms with E-state index in [1.807, 2.05) is 0 Å². The van der Waals surface area contributed by atoms with Gasteiger partial charge in [-0.3, -0.25) is 4.79 Å². The average molecular weight is 453 g/mol. The first-order valence-electron chi connectivity index (χ1n) is 10.2. The molecule has 0 N–H and O–H groups in total. The van der Waals surface area contributed by atoms with Gasteiger partial charge >= 0.3 is 12.7 Å². The van der Waals surface area contributed by atoms with Gasteiger partial charge in [-0.25, -0.2) is 9.67 Å². The van der Waals surface area contributed by atoms with Gasteiger partial charge in [-0.2, -0.15) is 31.7 Å². The number of benzene rings is 1. The first kappa shape index (κ1) is 22.1. The molecule has 3 aromatic rings. The van der Waals surface area contributed by atoms with E-state index in [-0.39, 0.29) is 23.0 Å². The third kappa shape index (κ3) is 4.56. The van der Waals surface area contributed by atoms with Crippen LogP contribution in [0.3, 0.4) is 0 Å². The molecule has 32 heavy (non-hydrogen) atoms. The van der Waals surface area contributed by atoms with Crippen molar-refractivity contribution >= 4 is 0 Å². The zero-order valence-corrected chi connectivity index (χ0v) is 16.9. The van der Waals surface area contributed by atoms with Gasteiger partial charge in [0, 0.05) is 5.56 Å². The molecule has 0 saturated heterocycles. The van der Waals surface area contributed by atoms with Gasteiger partial charge in [0.25, 0.3) is 5.56 Å². The number of alkyl halides is 5. The van der Waals surface area contributed by atoms with Crippen LogP contribution in [0.5, 0.6) is 0 Å². The average Bonchev–Trinajstić information content (AvgIpc) is 3.26. The lowest BCUT2D eigenvalue weighted by atomic mass is 9.84. The van der Waals surface area contributed by atoms with Gasteiger partial charge < -0.3 is 0 Å². The molecule has 1 saturated carbocycles. The Balaban J connectivity index is 1.82. The highest BCUT2D eigenvalue weighted by Gasteiger charge is 2.33. The Labute approximate surface area is 179 Å². The molecule has 11 heteroatoms. The molecule has 6 nitrogen and oxygen atoms in total. The Bertz CT molecular complexity index is 1150. The zero-order chi connectivity index (χ0) is 22.9. The second kappa shape index (κ2) is 8.79. The Kier molecular flexibility index (Phi) is 6.07. The summed E-state index contributed by atoms with van der Waals surface area (Å²) in [5.74, 6) is -0.209. The molecular formula is C21H20F5N5O. The summed E-state index contributed by atoms with van der Waals surface area (Å²) in [6.45, 7) is -3.32. The molecule has 0 bridgehead atoms. The van der Waals surface area contributed by atoms with Crippen LogP contribution in [-0.2, 0) is 12.7 Å². The van der Waals surface area contributed by atoms with E-state index in [4.69, 9.17) is 0 Å². The molecule has 0 atom stereocenters. The van der Waals surface area contributed by atoms with Crippen molar-refractivity contribution in [3.8, 4) is 11.5 Å². The number of hydrogen-bond acceptors (Lipinski definition) is 4. The molecule has 1 fully saturated rings. The summed E-state index contributed by atoms with van der Waals surface area (Å²) in [6.07, 6.45) is 0.668. The third-order valence-electron chi connectivity index (χ3n) is 5.63. The van der Waals surface area contributed by atoms with Crippen LogP contribution >= 0.6 is 0 Å². The minimum atomic E-state index is -4.60. The smallest absolute Gasteiger partial charge is 0.267 e. The van der Waals surface area contributed by atoms with E-state index in [9.17, 15) is 26.7 Å². The monoisotopic (exact) mass is 453 g/mol. The topological polar surface area (TPSA) is 65.6 Å². The van der Waals surface area contributed by atoms with Gasteiger partial charge in [0.2, 0.25) is 5.82 Å². The Hall–Kier alpha value is -3.11. The van der Waals surface area contributed by atoms with Crippen LogP contribution in [0.2, 0.25) is 0 Å². The molecule has 2 aromatic heterocycles. The van der Waals surface area contributed by atoms with Crippen LogP contribution in [0.25, 0.3) is 11.5 Å². The molecule has 2 heterocycles. The second-order valence-electron chi connectivity index (χ2n) is 7.76. The van der Waals surface area contributed by atoms with Crippen molar-refractivity contribution in [2.24, 2.45) is 0 Å². The fourth-order valence-electron chi connectivity index (χ4n) is 4.07. The van der Waals surface area contributed by atoms with Gasteiger partial charge in [0.15, 0.2) is 0 Å². The summed E-state index contributed by atoms with van der Waals surface area (Å²) in [5, 5.41) is 7.84. The highest BCUT2D eigenvalue weighted by molar-refractivity contribution is 5.49. The van der Waals surface area contributed by atoms with Crippen molar-refractivity contribution in [2.45, 2.75) is 57.3 Å². The van der Waals surface area contributed by atoms with Gasteiger partial charge in [0.05, 0.1) is 12.1 Å². The SMILES string of the molecule is O=c1c(C2CCCCC2)cc(-c2ncn(C(F)F)n2)nn1Cc1ccccc1C(F)(F)F. The minimum absolute atomic E-state index is 0.0639. The normalized spacial score (nSPS) is 15.4. The van der Waals surface area contributed by atoms with E-state index < -0.39 is 30.4 Å². The number of nitrogens with zero attached hydrogens (tertiary/aromatic N) is 5. The van der Waals surface area contributed by atoms with Crippen LogP contribution in [0.4, 0.5) is 22.0 Å². The quantitative estimate of drug-likeness (QED) is 0.510. The van der Waals surface area contributed by atoms with Crippen LogP contribution < -0.4 is 5.56 Å². The minimum Gasteiger partial charge on any atom is -0.267 e. The second-order valence-corrected chi connectivity index (χ2v) is 7.76. The van der Waals surface area contributed by atoms with Crippen LogP contribution in [0.15, 0.2) is 41.5 Å². The lowest BCUT2D eigenvalue weighted by molar-refractivity contribution is -0.138. The predicted molar refractivity (Wildman–Crippen MR) is 105 cm³/mol. The van der Waals surface area contributed by atoms with Crippen molar-refractivity contribution in [1.82, 2.24) is 24.5 Å². The Morgan fingerprint density at radius 3 is 2.44 bits per heavy atom. The zero-order valence-electron chi connectivity index (χ0n) is 16.9. The van der Waals surface area contributed by atoms with E-state index in [2.05, 4.69) is 15.2 Å². The number of hydrogen-bond donors (Lipinski definition) is 0. The lowest BCUT2D eigenvalue weighted by Gasteiger charge is -2.22. The first-order chi connectivity index (χ1) is 15.2. The predicted octanol–water partition coefficient (Wildman–Crippen LogP) is 5.01. The summed E-state index contributed by atoms with van der Waals surface area (Å²) < 4.78 is 67.5. The fraction of sp³-hybridized carbons (Fsp3) is 0.429. The molecule has 170 valence electrons. The number of rotatable bonds is 5. The molecule has 0 spiro atoms. The van der Waals surface area contributed by atoms with Crippen molar-refractivity contribution in [1.29, 1.82) is 0 Å². The van der Waals surface area contributed by atoms with Crippen LogP contribution in [0, 0.1) is 0 Å². The van der Waals surface area contributed by atoms with E-state index in [1.165, 1.54) is 24.3 Å². The highest BCUT2D eigenvalue weighted by atomic mass is 19.4. The summed E-state index contributed by atoms with van der Waals surface area (Å²) in [6, 6.07) is 6.43. The van der Waals surface area contributed by atoms with Crippen molar-refractivity contribution in [3.63, 3.8) is 0 Å². The molecule has 0 unspecified atom stereocenters. The molecule has 4 rings (SSSR count). The molecule has 0 amide bonds. The van der Waals surface area contributed by atoms with Crippen molar-refractivity contribution in [3.05, 3.63) is 63.7 Å². The lowest BCUT2D eigenvalue weighted by Crippen LogP contribution is -2.30. The largest absolute Gasteiger partial charge is 0.416 e. The molecule has 1 aromatic carbocycles. The van der Waals surface area contributed by atoms with Crippen molar-refractivity contribution in [2.75, 3.05) is 0 Å². The van der Waals surface area contributed by atoms with Gasteiger partial charge in [0.1, 0.15) is 12.0 Å². The fourth-order valence-corrected chi connectivity index (χ4v) is 4.07. The molecular weight excluding hydrogens is 433 g/mol. The standard InChI is InChI=1S/C21H20F5N5O/c22-20(23)31-12-27-18(29-31)17-10-15(13-6-2-1-3-7-13)19(32)30(28-17)11-14-8-4-5-9-16(14)21(24,25)26/h4-5,8-10,12-13,20H,1-3,6-7,11H2. The van der Waals surface area contributed by atoms with Gasteiger partial charge in [-0.15, -0.1) is 5.10 Å². The summed E-state index contributed by atoms with van der Waals surface area (Å²) >= 11 is 0. The van der Waals surface area contributed by atoms with Crippen LogP contribution in [-0.4, -0.2) is 24.5 Å². The van der Waals surface area contributed by atoms with Crippen LogP contribution in [0.1, 0.15) is 61.3 Å². The third-order valence-corrected chi connectivity index (χ3v) is 5.63. The van der Waals surface area contributed by atoms with E-state index in [0.717, 1.165) is 49.2 Å². The Morgan fingerprint density at radius 2 is 1.78 bits per heavy atom. The Morgan fingerprint density at radius 1 is 1.06 bits per heavy atom. The summed E-state index contributed by atoms with van der Waals surface area (Å²) in [4.78, 5) is 17.0. The molecule has 0 radical (unpaired) electrons. The maximum Gasteiger partial charge on any atom is 0.416 e. The first-order valence-corrected chi connectivity index (χ1v) is 10.2. The summed E-state index contributed by atoms with van der Waals surface area (Å²) in [7, 11) is 0. The van der Waals surface area contributed by atoms with Gasteiger partial charge in [-0.1, -0.05) is 37.5 Å². The van der Waals surface area contributed by atoms with Crippen molar-refractivity contribution < 1.29 is 22.0 Å². The van der Waals surface area contributed by atoms with E-state index in [1.54, 1.807) is 0 Å². The molecule has 0 aliphatic heterocycles. The number of aromatic nitrogens is 5. The maximum atomic E-state index is 13.4.